The smallest absolute Gasteiger partial charge is 0.272 e. The van der Waals surface area contributed by atoms with Gasteiger partial charge in [0.25, 0.3) is 11.8 Å². The summed E-state index contributed by atoms with van der Waals surface area (Å²) in [7, 11) is 0. The van der Waals surface area contributed by atoms with E-state index in [0.717, 1.165) is 5.56 Å². The second-order valence-corrected chi connectivity index (χ2v) is 6.19. The van der Waals surface area contributed by atoms with Gasteiger partial charge in [-0.05, 0) is 52.7 Å². The van der Waals surface area contributed by atoms with Crippen LogP contribution in [0, 0.1) is 0 Å². The number of benzene rings is 2. The molecule has 0 saturated heterocycles. The molecule has 0 saturated carbocycles. The normalized spacial score (nSPS) is 11.0. The zero-order valence-corrected chi connectivity index (χ0v) is 14.5. The van der Waals surface area contributed by atoms with Crippen LogP contribution < -0.4 is 10.6 Å². The molecule has 2 aromatic carbocycles. The number of hydrogen-bond donors (Lipinski definition) is 3. The number of phenolic OH excluding ortho intramolecular Hbond substituents is 1. The van der Waals surface area contributed by atoms with Crippen LogP contribution in [-0.4, -0.2) is 16.9 Å². The Morgan fingerprint density at radius 2 is 1.69 bits per heavy atom. The van der Waals surface area contributed by atoms with Gasteiger partial charge in [-0.1, -0.05) is 30.3 Å². The maximum absolute atomic E-state index is 12.7. The lowest BCUT2D eigenvalue weighted by molar-refractivity contribution is -0.113. The standard InChI is InChI=1S/C20H16N2O3S/c23-18-9-5-4-8-16(18)21-20(25)17(12-14-10-11-26-13-14)22-19(24)15-6-2-1-3-7-15/h1-13,23H,(H,21,25)(H,22,24)/b17-12-. The summed E-state index contributed by atoms with van der Waals surface area (Å²) in [5.41, 5.74) is 1.59. The van der Waals surface area contributed by atoms with Crippen LogP contribution in [0.5, 0.6) is 5.75 Å². The van der Waals surface area contributed by atoms with Crippen molar-refractivity contribution < 1.29 is 14.7 Å². The van der Waals surface area contributed by atoms with Crippen LogP contribution in [0.1, 0.15) is 15.9 Å². The number of hydrogen-bond acceptors (Lipinski definition) is 4. The number of thiophene rings is 1. The first-order valence-corrected chi connectivity index (χ1v) is 8.77. The average molecular weight is 364 g/mol. The second kappa shape index (κ2) is 8.13. The van der Waals surface area contributed by atoms with E-state index in [-0.39, 0.29) is 23.0 Å². The van der Waals surface area contributed by atoms with Gasteiger partial charge in [0.05, 0.1) is 5.69 Å². The zero-order chi connectivity index (χ0) is 18.4. The lowest BCUT2D eigenvalue weighted by Crippen LogP contribution is -2.30. The van der Waals surface area contributed by atoms with Crippen molar-refractivity contribution in [2.24, 2.45) is 0 Å². The summed E-state index contributed by atoms with van der Waals surface area (Å²) in [6.07, 6.45) is 1.59. The van der Waals surface area contributed by atoms with E-state index < -0.39 is 5.91 Å². The van der Waals surface area contributed by atoms with E-state index in [1.165, 1.54) is 17.4 Å². The highest BCUT2D eigenvalue weighted by Crippen LogP contribution is 2.22. The molecule has 3 N–H and O–H groups in total. The molecule has 0 aliphatic rings. The van der Waals surface area contributed by atoms with Crippen LogP contribution in [0.25, 0.3) is 6.08 Å². The highest BCUT2D eigenvalue weighted by Gasteiger charge is 2.16. The van der Waals surface area contributed by atoms with E-state index in [1.54, 1.807) is 48.5 Å². The first-order chi connectivity index (χ1) is 12.6. The lowest BCUT2D eigenvalue weighted by atomic mass is 10.2. The van der Waals surface area contributed by atoms with Crippen LogP contribution in [0.3, 0.4) is 0 Å². The Balaban J connectivity index is 1.85. The molecule has 26 heavy (non-hydrogen) atoms. The summed E-state index contributed by atoms with van der Waals surface area (Å²) < 4.78 is 0. The van der Waals surface area contributed by atoms with Gasteiger partial charge in [0.15, 0.2) is 0 Å². The Morgan fingerprint density at radius 1 is 0.962 bits per heavy atom. The van der Waals surface area contributed by atoms with Gasteiger partial charge in [-0.2, -0.15) is 11.3 Å². The third-order valence-electron chi connectivity index (χ3n) is 3.54. The monoisotopic (exact) mass is 364 g/mol. The lowest BCUT2D eigenvalue weighted by Gasteiger charge is -2.12. The van der Waals surface area contributed by atoms with E-state index in [1.807, 2.05) is 22.9 Å². The van der Waals surface area contributed by atoms with E-state index >= 15 is 0 Å². The SMILES string of the molecule is O=C(Nc1ccccc1O)/C(=C/c1ccsc1)NC(=O)c1ccccc1. The van der Waals surface area contributed by atoms with Crippen molar-refractivity contribution in [3.05, 3.63) is 88.2 Å². The number of anilines is 1. The highest BCUT2D eigenvalue weighted by atomic mass is 32.1. The molecule has 0 fully saturated rings. The van der Waals surface area contributed by atoms with Gasteiger partial charge >= 0.3 is 0 Å². The number of nitrogens with one attached hydrogen (secondary N) is 2. The first kappa shape index (κ1) is 17.4. The molecule has 3 rings (SSSR count). The predicted molar refractivity (Wildman–Crippen MR) is 103 cm³/mol. The topological polar surface area (TPSA) is 78.4 Å². The van der Waals surface area contributed by atoms with Crippen LogP contribution >= 0.6 is 11.3 Å². The molecule has 1 heterocycles. The molecule has 0 unspecified atom stereocenters. The fourth-order valence-corrected chi connectivity index (χ4v) is 2.85. The summed E-state index contributed by atoms with van der Waals surface area (Å²) in [4.78, 5) is 25.1. The van der Waals surface area contributed by atoms with Gasteiger partial charge in [-0.15, -0.1) is 0 Å². The molecule has 0 radical (unpaired) electrons. The average Bonchev–Trinajstić information content (AvgIpc) is 3.17. The number of aromatic hydroxyl groups is 1. The Morgan fingerprint density at radius 3 is 2.38 bits per heavy atom. The van der Waals surface area contributed by atoms with E-state index in [0.29, 0.717) is 5.56 Å². The first-order valence-electron chi connectivity index (χ1n) is 7.83. The second-order valence-electron chi connectivity index (χ2n) is 5.41. The van der Waals surface area contributed by atoms with E-state index in [2.05, 4.69) is 10.6 Å². The van der Waals surface area contributed by atoms with Crippen LogP contribution in [0.4, 0.5) is 5.69 Å². The number of rotatable bonds is 5. The summed E-state index contributed by atoms with van der Waals surface area (Å²) in [6, 6.07) is 16.9. The quantitative estimate of drug-likeness (QED) is 0.475. The molecule has 130 valence electrons. The minimum Gasteiger partial charge on any atom is -0.506 e. The Labute approximate surface area is 154 Å². The maximum atomic E-state index is 12.7. The van der Waals surface area contributed by atoms with Gasteiger partial charge in [-0.3, -0.25) is 9.59 Å². The van der Waals surface area contributed by atoms with E-state index in [9.17, 15) is 14.7 Å². The van der Waals surface area contributed by atoms with Gasteiger partial charge in [0, 0.05) is 5.56 Å². The number of para-hydroxylation sites is 2. The summed E-state index contributed by atoms with van der Waals surface area (Å²) in [5, 5.41) is 18.8. The van der Waals surface area contributed by atoms with Gasteiger partial charge < -0.3 is 15.7 Å². The highest BCUT2D eigenvalue weighted by molar-refractivity contribution is 7.08. The molecule has 5 nitrogen and oxygen atoms in total. The number of phenols is 1. The molecule has 2 amide bonds. The van der Waals surface area contributed by atoms with Crippen molar-refractivity contribution in [3.8, 4) is 5.75 Å². The minimum absolute atomic E-state index is 0.0508. The van der Waals surface area contributed by atoms with Crippen LogP contribution in [-0.2, 0) is 4.79 Å². The third kappa shape index (κ3) is 4.37. The van der Waals surface area contributed by atoms with E-state index in [4.69, 9.17) is 0 Å². The fraction of sp³-hybridized carbons (Fsp3) is 0. The van der Waals surface area contributed by atoms with Crippen LogP contribution in [0.2, 0.25) is 0 Å². The molecule has 0 spiro atoms. The molecule has 3 aromatic rings. The van der Waals surface area contributed by atoms with Crippen molar-refractivity contribution >= 4 is 34.9 Å². The fourth-order valence-electron chi connectivity index (χ4n) is 2.24. The molecule has 6 heteroatoms. The molecule has 0 aliphatic carbocycles. The summed E-state index contributed by atoms with van der Waals surface area (Å²) in [6.45, 7) is 0. The Bertz CT molecular complexity index is 935. The van der Waals surface area contributed by atoms with Gasteiger partial charge in [0.2, 0.25) is 0 Å². The van der Waals surface area contributed by atoms with Gasteiger partial charge in [0.1, 0.15) is 11.4 Å². The molecule has 0 bridgehead atoms. The Kier molecular flexibility index (Phi) is 5.46. The number of carbonyl (C=O) groups is 2. The van der Waals surface area contributed by atoms with Crippen molar-refractivity contribution in [3.63, 3.8) is 0 Å². The molecular weight excluding hydrogens is 348 g/mol. The largest absolute Gasteiger partial charge is 0.506 e. The predicted octanol–water partition coefficient (Wildman–Crippen LogP) is 3.86. The molecule has 1 aromatic heterocycles. The maximum Gasteiger partial charge on any atom is 0.272 e. The number of amides is 2. The molecular formula is C20H16N2O3S. The summed E-state index contributed by atoms with van der Waals surface area (Å²) >= 11 is 1.49. The zero-order valence-electron chi connectivity index (χ0n) is 13.7. The van der Waals surface area contributed by atoms with Crippen molar-refractivity contribution in [1.29, 1.82) is 0 Å². The van der Waals surface area contributed by atoms with Crippen molar-refractivity contribution in [2.75, 3.05) is 5.32 Å². The number of carbonyl (C=O) groups excluding carboxylic acids is 2. The summed E-state index contributed by atoms with van der Waals surface area (Å²) in [5.74, 6) is -0.966. The van der Waals surface area contributed by atoms with Crippen molar-refractivity contribution in [1.82, 2.24) is 5.32 Å². The van der Waals surface area contributed by atoms with Gasteiger partial charge in [-0.25, -0.2) is 0 Å². The molecule has 0 aliphatic heterocycles. The van der Waals surface area contributed by atoms with Crippen LogP contribution in [0.15, 0.2) is 77.1 Å². The third-order valence-corrected chi connectivity index (χ3v) is 4.24. The van der Waals surface area contributed by atoms with Crippen molar-refractivity contribution in [2.45, 2.75) is 0 Å². The Hall–Kier alpha value is -3.38. The molecule has 0 atom stereocenters. The minimum atomic E-state index is -0.526.